The molecule has 0 unspecified atom stereocenters. The van der Waals surface area contributed by atoms with Crippen LogP contribution in [-0.4, -0.2) is 187 Å². The zero-order valence-electron chi connectivity index (χ0n) is 44.3. The summed E-state index contributed by atoms with van der Waals surface area (Å²) in [5.41, 5.74) is 1.58. The molecule has 0 radical (unpaired) electrons. The molecular weight excluding hydrogens is 1060 g/mol. The highest BCUT2D eigenvalue weighted by Gasteiger charge is 2.29. The number of aliphatic hydroxyl groups excluding tert-OH is 4. The topological polar surface area (TPSA) is 264 Å². The van der Waals surface area contributed by atoms with Crippen LogP contribution < -0.4 is 18.9 Å². The second-order valence-electron chi connectivity index (χ2n) is 18.0. The van der Waals surface area contributed by atoms with Crippen LogP contribution in [0.5, 0.6) is 23.0 Å². The molecule has 0 aliphatic carbocycles. The summed E-state index contributed by atoms with van der Waals surface area (Å²) in [6.45, 7) is 17.3. The minimum absolute atomic E-state index is 0.107. The first kappa shape index (κ1) is 59.2. The fourth-order valence-corrected chi connectivity index (χ4v) is 11.9. The van der Waals surface area contributed by atoms with Crippen LogP contribution in [0.3, 0.4) is 0 Å². The smallest absolute Gasteiger partial charge is 0.171 e. The number of benzene rings is 2. The summed E-state index contributed by atoms with van der Waals surface area (Å²) in [6, 6.07) is 7.50. The number of nitrogens with one attached hydrogen (secondary N) is 2. The molecule has 2 aliphatic heterocycles. The highest BCUT2D eigenvalue weighted by molar-refractivity contribution is 8.14. The summed E-state index contributed by atoms with van der Waals surface area (Å²) in [6.07, 6.45) is -0.879. The number of thioether (sulfide) groups is 4. The van der Waals surface area contributed by atoms with Crippen molar-refractivity contribution in [2.75, 3.05) is 102 Å². The van der Waals surface area contributed by atoms with Crippen molar-refractivity contribution in [1.82, 2.24) is 39.9 Å². The van der Waals surface area contributed by atoms with E-state index < -0.39 is 0 Å². The average Bonchev–Trinajstić information content (AvgIpc) is 4.12. The van der Waals surface area contributed by atoms with Crippen LogP contribution >= 0.6 is 47.0 Å². The Labute approximate surface area is 459 Å². The molecule has 6 N–H and O–H groups in total. The first-order chi connectivity index (χ1) is 36.8. The van der Waals surface area contributed by atoms with E-state index >= 15 is 0 Å². The zero-order chi connectivity index (χ0) is 54.1. The van der Waals surface area contributed by atoms with Crippen LogP contribution in [0.2, 0.25) is 0 Å². The van der Waals surface area contributed by atoms with Crippen molar-refractivity contribution in [3.8, 4) is 23.0 Å². The number of ether oxygens (including phenoxy) is 8. The van der Waals surface area contributed by atoms with Gasteiger partial charge in [-0.15, -0.1) is 47.0 Å². The fraction of sp³-hybridized carbons (Fsp3) is 0.538. The molecule has 0 fully saturated rings. The number of hydrogen-bond acceptors (Lipinski definition) is 22. The van der Waals surface area contributed by atoms with Crippen molar-refractivity contribution in [3.05, 3.63) is 47.6 Å². The summed E-state index contributed by atoms with van der Waals surface area (Å²) in [5.74, 6) is 5.54. The number of rotatable bonds is 32. The van der Waals surface area contributed by atoms with Crippen molar-refractivity contribution >= 4 is 111 Å². The highest BCUT2D eigenvalue weighted by atomic mass is 32.2. The van der Waals surface area contributed by atoms with E-state index in [0.29, 0.717) is 140 Å². The van der Waals surface area contributed by atoms with Gasteiger partial charge in [-0.05, 0) is 79.7 Å². The Balaban J connectivity index is 1.68. The lowest BCUT2D eigenvalue weighted by Gasteiger charge is -2.15. The van der Waals surface area contributed by atoms with E-state index in [1.807, 2.05) is 79.7 Å². The Hall–Kier alpha value is -4.44. The monoisotopic (exact) mass is 1130 g/mol. The van der Waals surface area contributed by atoms with Crippen LogP contribution in [0.4, 0.5) is 0 Å². The van der Waals surface area contributed by atoms with Crippen LogP contribution in [0, 0.1) is 0 Å². The van der Waals surface area contributed by atoms with Gasteiger partial charge < -0.3 is 68.3 Å². The minimum Gasteiger partial charge on any atom is -0.490 e. The number of hydrogen-bond donors (Lipinski definition) is 6. The van der Waals surface area contributed by atoms with E-state index in [9.17, 15) is 20.4 Å². The van der Waals surface area contributed by atoms with E-state index in [4.69, 9.17) is 67.8 Å². The number of aromatic nitrogens is 8. The largest absolute Gasteiger partial charge is 0.490 e. The summed E-state index contributed by atoms with van der Waals surface area (Å²) in [4.78, 5) is 42.2. The molecule has 8 bridgehead atoms. The van der Waals surface area contributed by atoms with Crippen LogP contribution in [0.15, 0.2) is 24.3 Å². The predicted molar refractivity (Wildman–Crippen MR) is 305 cm³/mol. The Morgan fingerprint density at radius 2 is 0.579 bits per heavy atom. The van der Waals surface area contributed by atoms with E-state index in [1.54, 1.807) is 0 Å². The molecule has 24 heteroatoms. The van der Waals surface area contributed by atoms with Gasteiger partial charge in [0.15, 0.2) is 23.3 Å². The number of H-pyrrole nitrogens is 2. The van der Waals surface area contributed by atoms with Gasteiger partial charge in [0.1, 0.15) is 45.6 Å². The lowest BCUT2D eigenvalue weighted by atomic mass is 10.1. The van der Waals surface area contributed by atoms with Crippen LogP contribution in [0.1, 0.15) is 78.7 Å². The van der Waals surface area contributed by atoms with E-state index in [-0.39, 0.29) is 77.3 Å². The molecule has 5 heterocycles. The van der Waals surface area contributed by atoms with Gasteiger partial charge in [-0.3, -0.25) is 0 Å². The van der Waals surface area contributed by atoms with Gasteiger partial charge in [-0.1, -0.05) is 0 Å². The highest BCUT2D eigenvalue weighted by Crippen LogP contribution is 2.47. The Kier molecular flexibility index (Phi) is 23.0. The molecule has 0 saturated carbocycles. The predicted octanol–water partition coefficient (Wildman–Crippen LogP) is 7.97. The standard InChI is InChI=1S/C52H70N8O12S4/c1-29(2)69-33-9-10-34(70-30(3)4)38-37(33)45-53-46(38)56-50-43(75-27-23-67-19-15-63)44(76-28-24-68-20-16-64)52(60-50)58-48-40-36(72-32(7)8)12-11-35(71-31(5)6)39(40)47(54-48)57-51-42(74-26-22-66-18-14-62)41(49(55-45)59-51)73-25-21-65-17-13-61/h9-12,29-32,61-64H,13-28H2,1-8H3,(H2,53,54,55,56,57,58,59,60). The van der Waals surface area contributed by atoms with Gasteiger partial charge >= 0.3 is 0 Å². The lowest BCUT2D eigenvalue weighted by molar-refractivity contribution is 0.103. The summed E-state index contributed by atoms with van der Waals surface area (Å²) >= 11 is 6.00. The Morgan fingerprint density at radius 1 is 0.355 bits per heavy atom. The molecule has 3 aromatic heterocycles. The van der Waals surface area contributed by atoms with Gasteiger partial charge in [0, 0.05) is 23.0 Å². The normalized spacial score (nSPS) is 13.1. The van der Waals surface area contributed by atoms with Crippen LogP contribution in [-0.2, 0) is 18.9 Å². The van der Waals surface area contributed by atoms with Gasteiger partial charge in [0.05, 0.1) is 145 Å². The maximum absolute atomic E-state index is 9.53. The molecule has 414 valence electrons. The molecule has 0 amide bonds. The number of nitrogens with zero attached hydrogens (tertiary/aromatic N) is 6. The number of aromatic amines is 2. The maximum atomic E-state index is 9.53. The second kappa shape index (κ2) is 29.5. The van der Waals surface area contributed by atoms with E-state index in [0.717, 1.165) is 19.6 Å². The van der Waals surface area contributed by atoms with Crippen LogP contribution in [0.25, 0.3) is 63.8 Å². The minimum atomic E-state index is -0.220. The van der Waals surface area contributed by atoms with Crippen molar-refractivity contribution in [1.29, 1.82) is 0 Å². The van der Waals surface area contributed by atoms with Crippen molar-refractivity contribution < 1.29 is 58.3 Å². The third-order valence-corrected chi connectivity index (χ3v) is 14.9. The number of aliphatic hydroxyl groups is 4. The fourth-order valence-electron chi connectivity index (χ4n) is 7.82. The molecule has 2 aromatic carbocycles. The maximum Gasteiger partial charge on any atom is 0.171 e. The Bertz CT molecular complexity index is 2590. The number of fused-ring (bicyclic) bond motifs is 14. The summed E-state index contributed by atoms with van der Waals surface area (Å²) in [5, 5.41) is 40.5. The van der Waals surface area contributed by atoms with E-state index in [2.05, 4.69) is 9.97 Å². The molecule has 76 heavy (non-hydrogen) atoms. The average molecular weight is 1130 g/mol. The van der Waals surface area contributed by atoms with E-state index in [1.165, 1.54) is 47.0 Å². The van der Waals surface area contributed by atoms with Gasteiger partial charge in [0.2, 0.25) is 0 Å². The third-order valence-electron chi connectivity index (χ3n) is 10.5. The van der Waals surface area contributed by atoms with Gasteiger partial charge in [-0.2, -0.15) is 0 Å². The quantitative estimate of drug-likeness (QED) is 0.0223. The molecule has 0 atom stereocenters. The zero-order valence-corrected chi connectivity index (χ0v) is 47.6. The van der Waals surface area contributed by atoms with Gasteiger partial charge in [-0.25, -0.2) is 29.9 Å². The molecule has 2 aliphatic rings. The molecule has 0 spiro atoms. The summed E-state index contributed by atoms with van der Waals surface area (Å²) in [7, 11) is 0. The van der Waals surface area contributed by atoms with Crippen molar-refractivity contribution in [2.45, 2.75) is 79.8 Å². The lowest BCUT2D eigenvalue weighted by Crippen LogP contribution is -2.08. The third kappa shape index (κ3) is 15.4. The second-order valence-corrected chi connectivity index (χ2v) is 22.4. The Morgan fingerprint density at radius 3 is 0.776 bits per heavy atom. The van der Waals surface area contributed by atoms with Gasteiger partial charge in [0.25, 0.3) is 0 Å². The SMILES string of the molecule is CC(C)Oc1ccc(OC(C)C)c2c3nc4nc(nc5[nH]c(nc6nc(nc([nH]3)c12)C(SCCOCCO)=C6SCCOCCO)c1c(OC(C)C)ccc(OC(C)C)c51)C(SCCOCCO)=C4SCCOCCO. The van der Waals surface area contributed by atoms with Crippen molar-refractivity contribution in [3.63, 3.8) is 0 Å². The van der Waals surface area contributed by atoms with Crippen molar-refractivity contribution in [2.24, 2.45) is 0 Å². The molecule has 0 saturated heterocycles. The molecular formula is C52H70N8O12S4. The molecule has 5 aromatic rings. The first-order valence-electron chi connectivity index (χ1n) is 25.4. The molecule has 20 nitrogen and oxygen atoms in total. The first-order valence-corrected chi connectivity index (χ1v) is 29.4. The summed E-state index contributed by atoms with van der Waals surface area (Å²) < 4.78 is 49.2. The molecule has 7 rings (SSSR count).